The van der Waals surface area contributed by atoms with Gasteiger partial charge in [-0.25, -0.2) is 0 Å². The summed E-state index contributed by atoms with van der Waals surface area (Å²) in [5.41, 5.74) is 5.30. The van der Waals surface area contributed by atoms with Crippen LogP contribution in [0.4, 0.5) is 0 Å². The average molecular weight is 488 g/mol. The zero-order valence-electron chi connectivity index (χ0n) is 19.8. The van der Waals surface area contributed by atoms with Gasteiger partial charge >= 0.3 is 0 Å². The Hall–Kier alpha value is -3.26. The second kappa shape index (κ2) is 11.0. The number of hydrogen-bond donors (Lipinski definition) is 1. The molecule has 0 unspecified atom stereocenters. The van der Waals surface area contributed by atoms with E-state index < -0.39 is 0 Å². The first kappa shape index (κ1) is 23.5. The molecule has 3 heterocycles. The van der Waals surface area contributed by atoms with Gasteiger partial charge in [-0.2, -0.15) is 0 Å². The number of nitrogens with one attached hydrogen (secondary N) is 1. The first-order valence-electron chi connectivity index (χ1n) is 11.9. The van der Waals surface area contributed by atoms with Gasteiger partial charge in [0.2, 0.25) is 0 Å². The zero-order valence-corrected chi connectivity index (χ0v) is 20.6. The number of hydrogen-bond acceptors (Lipinski definition) is 6. The number of carbonyl (C=O) groups excluding carboxylic acids is 1. The Morgan fingerprint density at radius 2 is 1.97 bits per heavy atom. The molecule has 1 aliphatic rings. The fourth-order valence-electron chi connectivity index (χ4n) is 4.35. The lowest BCUT2D eigenvalue weighted by Gasteiger charge is -2.27. The molecule has 0 aliphatic carbocycles. The highest BCUT2D eigenvalue weighted by Crippen LogP contribution is 2.32. The van der Waals surface area contributed by atoms with Crippen molar-refractivity contribution in [3.8, 4) is 16.9 Å². The maximum absolute atomic E-state index is 12.4. The van der Waals surface area contributed by atoms with E-state index in [1.165, 1.54) is 0 Å². The smallest absolute Gasteiger partial charge is 0.258 e. The van der Waals surface area contributed by atoms with Gasteiger partial charge in [-0.05, 0) is 53.8 Å². The van der Waals surface area contributed by atoms with Crippen molar-refractivity contribution in [1.29, 1.82) is 0 Å². The van der Waals surface area contributed by atoms with Gasteiger partial charge in [0.15, 0.2) is 6.61 Å². The minimum atomic E-state index is -0.129. The van der Waals surface area contributed by atoms with Gasteiger partial charge < -0.3 is 14.8 Å². The molecule has 1 amide bonds. The van der Waals surface area contributed by atoms with Crippen LogP contribution in [0.3, 0.4) is 0 Å². The molecule has 5 rings (SSSR count). The number of benzene rings is 2. The van der Waals surface area contributed by atoms with E-state index in [4.69, 9.17) is 9.47 Å². The van der Waals surface area contributed by atoms with Crippen LogP contribution in [-0.2, 0) is 22.6 Å². The summed E-state index contributed by atoms with van der Waals surface area (Å²) in [6.45, 7) is 6.49. The van der Waals surface area contributed by atoms with E-state index in [-0.39, 0.29) is 12.5 Å². The van der Waals surface area contributed by atoms with Crippen LogP contribution < -0.4 is 10.1 Å². The van der Waals surface area contributed by atoms with Crippen molar-refractivity contribution in [3.05, 3.63) is 82.2 Å². The van der Waals surface area contributed by atoms with E-state index in [0.29, 0.717) is 6.54 Å². The van der Waals surface area contributed by atoms with E-state index >= 15 is 0 Å². The first-order valence-corrected chi connectivity index (χ1v) is 12.8. The van der Waals surface area contributed by atoms with E-state index in [0.717, 1.165) is 76.8 Å². The summed E-state index contributed by atoms with van der Waals surface area (Å²) < 4.78 is 11.6. The van der Waals surface area contributed by atoms with Crippen molar-refractivity contribution in [3.63, 3.8) is 0 Å². The summed E-state index contributed by atoms with van der Waals surface area (Å²) in [6, 6.07) is 20.6. The quantitative estimate of drug-likeness (QED) is 0.387. The fourth-order valence-corrected chi connectivity index (χ4v) is 5.00. The van der Waals surface area contributed by atoms with Crippen LogP contribution >= 0.6 is 11.3 Å². The number of pyridine rings is 1. The maximum atomic E-state index is 12.4. The summed E-state index contributed by atoms with van der Waals surface area (Å²) >= 11 is 1.63. The molecule has 1 aliphatic heterocycles. The summed E-state index contributed by atoms with van der Waals surface area (Å²) in [5.74, 6) is 0.608. The molecule has 1 fully saturated rings. The Bertz CT molecular complexity index is 1300. The monoisotopic (exact) mass is 487 g/mol. The summed E-state index contributed by atoms with van der Waals surface area (Å²) in [7, 11) is 0. The van der Waals surface area contributed by atoms with Crippen molar-refractivity contribution in [2.75, 3.05) is 32.9 Å². The number of aromatic nitrogens is 1. The van der Waals surface area contributed by atoms with E-state index in [2.05, 4.69) is 39.5 Å². The summed E-state index contributed by atoms with van der Waals surface area (Å²) in [6.07, 6.45) is 0. The molecule has 0 bridgehead atoms. The third kappa shape index (κ3) is 5.88. The standard InChI is InChI=1S/C28H29N3O3S/c1-20-15-25(24-6-2-3-7-26(24)30-20)21-8-9-27(22(16-21)18-31-10-12-33-13-11-31)34-19-28(32)29-17-23-5-4-14-35-23/h2-9,14-16H,10-13,17-19H2,1H3,(H,29,32). The van der Waals surface area contributed by atoms with E-state index in [1.807, 2.05) is 48.7 Å². The number of aryl methyl sites for hydroxylation is 1. The molecule has 2 aromatic heterocycles. The number of ether oxygens (including phenoxy) is 2. The predicted octanol–water partition coefficient (Wildman–Crippen LogP) is 4.80. The molecule has 6 nitrogen and oxygen atoms in total. The fraction of sp³-hybridized carbons (Fsp3) is 0.286. The maximum Gasteiger partial charge on any atom is 0.258 e. The lowest BCUT2D eigenvalue weighted by atomic mass is 9.98. The molecule has 0 atom stereocenters. The number of thiophene rings is 1. The predicted molar refractivity (Wildman–Crippen MR) is 140 cm³/mol. The third-order valence-electron chi connectivity index (χ3n) is 6.11. The lowest BCUT2D eigenvalue weighted by Crippen LogP contribution is -2.35. The van der Waals surface area contributed by atoms with Crippen molar-refractivity contribution in [2.24, 2.45) is 0 Å². The molecule has 4 aromatic rings. The molecule has 7 heteroatoms. The molecular formula is C28H29N3O3S. The van der Waals surface area contributed by atoms with Crippen LogP contribution in [0, 0.1) is 6.92 Å². The van der Waals surface area contributed by atoms with Crippen LogP contribution in [0.2, 0.25) is 0 Å². The van der Waals surface area contributed by atoms with E-state index in [9.17, 15) is 4.79 Å². The third-order valence-corrected chi connectivity index (χ3v) is 6.99. The summed E-state index contributed by atoms with van der Waals surface area (Å²) in [5, 5.41) is 6.06. The number of para-hydroxylation sites is 1. The molecule has 1 N–H and O–H groups in total. The Balaban J connectivity index is 1.39. The molecule has 0 saturated carbocycles. The number of fused-ring (bicyclic) bond motifs is 1. The molecule has 1 saturated heterocycles. The highest BCUT2D eigenvalue weighted by atomic mass is 32.1. The van der Waals surface area contributed by atoms with Gasteiger partial charge in [0, 0.05) is 41.2 Å². The number of amides is 1. The lowest BCUT2D eigenvalue weighted by molar-refractivity contribution is -0.123. The van der Waals surface area contributed by atoms with E-state index in [1.54, 1.807) is 11.3 Å². The van der Waals surface area contributed by atoms with Gasteiger partial charge in [0.1, 0.15) is 5.75 Å². The van der Waals surface area contributed by atoms with Gasteiger partial charge in [0.05, 0.1) is 25.3 Å². The largest absolute Gasteiger partial charge is 0.483 e. The highest BCUT2D eigenvalue weighted by Gasteiger charge is 2.16. The molecular weight excluding hydrogens is 458 g/mol. The van der Waals surface area contributed by atoms with Crippen LogP contribution in [0.15, 0.2) is 66.0 Å². The zero-order chi connectivity index (χ0) is 24.0. The van der Waals surface area contributed by atoms with Gasteiger partial charge in [0.25, 0.3) is 5.91 Å². The van der Waals surface area contributed by atoms with Crippen LogP contribution in [-0.4, -0.2) is 48.7 Å². The van der Waals surface area contributed by atoms with Crippen molar-refractivity contribution >= 4 is 28.1 Å². The normalized spacial score (nSPS) is 14.2. The minimum absolute atomic E-state index is 0.0157. The molecule has 0 radical (unpaired) electrons. The molecule has 180 valence electrons. The van der Waals surface area contributed by atoms with Crippen LogP contribution in [0.1, 0.15) is 16.1 Å². The number of carbonyl (C=O) groups is 1. The van der Waals surface area contributed by atoms with Gasteiger partial charge in [-0.15, -0.1) is 11.3 Å². The molecule has 35 heavy (non-hydrogen) atoms. The first-order chi connectivity index (χ1) is 17.2. The van der Waals surface area contributed by atoms with Gasteiger partial charge in [-0.1, -0.05) is 30.3 Å². The number of nitrogens with zero attached hydrogens (tertiary/aromatic N) is 2. The topological polar surface area (TPSA) is 63.7 Å². The summed E-state index contributed by atoms with van der Waals surface area (Å²) in [4.78, 5) is 20.6. The number of rotatable bonds is 8. The highest BCUT2D eigenvalue weighted by molar-refractivity contribution is 7.09. The Labute approximate surface area is 209 Å². The Kier molecular flexibility index (Phi) is 7.37. The Morgan fingerprint density at radius 1 is 1.11 bits per heavy atom. The average Bonchev–Trinajstić information content (AvgIpc) is 3.40. The molecule has 0 spiro atoms. The van der Waals surface area contributed by atoms with Crippen LogP contribution in [0.25, 0.3) is 22.0 Å². The van der Waals surface area contributed by atoms with Crippen molar-refractivity contribution < 1.29 is 14.3 Å². The minimum Gasteiger partial charge on any atom is -0.483 e. The second-order valence-electron chi connectivity index (χ2n) is 8.68. The molecule has 2 aromatic carbocycles. The SMILES string of the molecule is Cc1cc(-c2ccc(OCC(=O)NCc3cccs3)c(CN3CCOCC3)c2)c2ccccc2n1. The Morgan fingerprint density at radius 3 is 2.80 bits per heavy atom. The van der Waals surface area contributed by atoms with Crippen LogP contribution in [0.5, 0.6) is 5.75 Å². The van der Waals surface area contributed by atoms with Gasteiger partial charge in [-0.3, -0.25) is 14.7 Å². The van der Waals surface area contributed by atoms with Crippen molar-refractivity contribution in [1.82, 2.24) is 15.2 Å². The van der Waals surface area contributed by atoms with Crippen molar-refractivity contribution in [2.45, 2.75) is 20.0 Å². The second-order valence-corrected chi connectivity index (χ2v) is 9.72. The number of morpholine rings is 1.